The maximum atomic E-state index is 12.9. The fraction of sp³-hybridized carbons (Fsp3) is 0.360. The molecule has 0 N–H and O–H groups in total. The van der Waals surface area contributed by atoms with Crippen molar-refractivity contribution in [3.63, 3.8) is 0 Å². The van der Waals surface area contributed by atoms with E-state index in [4.69, 9.17) is 0 Å². The molecule has 4 rings (SSSR count). The van der Waals surface area contributed by atoms with Gasteiger partial charge in [-0.2, -0.15) is 13.2 Å². The Hall–Kier alpha value is -2.33. The first-order chi connectivity index (χ1) is 13.9. The Morgan fingerprint density at radius 3 is 2.59 bits per heavy atom. The molecule has 4 heteroatoms. The maximum Gasteiger partial charge on any atom is 0.416 e. The Balaban J connectivity index is 1.39. The number of rotatable bonds is 5. The standard InChI is InChI=1S/C25H26F3N/c1-18(23-11-5-8-21-7-2-3-10-24(21)23)14-20-12-13-29(17-20)16-19-6-4-9-22(15-19)25(26,27)28/h2-11,15,18,20H,12-14,16-17H2,1H3/t18-,20?/m0/s1. The van der Waals surface area contributed by atoms with Crippen LogP contribution in [0.4, 0.5) is 13.2 Å². The predicted molar refractivity (Wildman–Crippen MR) is 112 cm³/mol. The van der Waals surface area contributed by atoms with Crippen molar-refractivity contribution in [3.8, 4) is 0 Å². The zero-order valence-electron chi connectivity index (χ0n) is 16.6. The van der Waals surface area contributed by atoms with Crippen LogP contribution in [-0.4, -0.2) is 18.0 Å². The number of fused-ring (bicyclic) bond motifs is 1. The number of nitrogens with zero attached hydrogens (tertiary/aromatic N) is 1. The van der Waals surface area contributed by atoms with Gasteiger partial charge in [-0.25, -0.2) is 0 Å². The molecular weight excluding hydrogens is 371 g/mol. The van der Waals surface area contributed by atoms with E-state index in [1.165, 1.54) is 28.5 Å². The van der Waals surface area contributed by atoms with Crippen molar-refractivity contribution in [1.82, 2.24) is 4.90 Å². The lowest BCUT2D eigenvalue weighted by atomic mass is 9.87. The third-order valence-electron chi connectivity index (χ3n) is 6.07. The second-order valence-electron chi connectivity index (χ2n) is 8.29. The molecule has 1 aliphatic heterocycles. The van der Waals surface area contributed by atoms with E-state index in [0.717, 1.165) is 37.6 Å². The van der Waals surface area contributed by atoms with Crippen LogP contribution >= 0.6 is 0 Å². The quantitative estimate of drug-likeness (QED) is 0.454. The van der Waals surface area contributed by atoms with Crippen molar-refractivity contribution in [3.05, 3.63) is 83.4 Å². The van der Waals surface area contributed by atoms with Crippen molar-refractivity contribution in [2.24, 2.45) is 5.92 Å². The zero-order valence-corrected chi connectivity index (χ0v) is 16.6. The number of likely N-dealkylation sites (tertiary alicyclic amines) is 1. The smallest absolute Gasteiger partial charge is 0.299 e. The van der Waals surface area contributed by atoms with Gasteiger partial charge in [0.25, 0.3) is 0 Å². The molecule has 1 fully saturated rings. The monoisotopic (exact) mass is 397 g/mol. The molecule has 0 bridgehead atoms. The molecule has 0 saturated carbocycles. The van der Waals surface area contributed by atoms with Gasteiger partial charge in [-0.15, -0.1) is 0 Å². The summed E-state index contributed by atoms with van der Waals surface area (Å²) in [5.74, 6) is 1.04. The second-order valence-corrected chi connectivity index (χ2v) is 8.29. The van der Waals surface area contributed by atoms with E-state index < -0.39 is 11.7 Å². The molecule has 1 nitrogen and oxygen atoms in total. The minimum Gasteiger partial charge on any atom is -0.299 e. The number of benzene rings is 3. The molecule has 1 saturated heterocycles. The lowest BCUT2D eigenvalue weighted by Crippen LogP contribution is -2.21. The molecule has 2 atom stereocenters. The van der Waals surface area contributed by atoms with Crippen molar-refractivity contribution in [2.45, 2.75) is 38.4 Å². The van der Waals surface area contributed by atoms with E-state index >= 15 is 0 Å². The van der Waals surface area contributed by atoms with Crippen LogP contribution in [0.15, 0.2) is 66.7 Å². The summed E-state index contributed by atoms with van der Waals surface area (Å²) in [7, 11) is 0. The molecule has 0 spiro atoms. The van der Waals surface area contributed by atoms with E-state index in [1.54, 1.807) is 6.07 Å². The summed E-state index contributed by atoms with van der Waals surface area (Å²) in [6.45, 7) is 4.77. The van der Waals surface area contributed by atoms with E-state index in [0.29, 0.717) is 18.4 Å². The van der Waals surface area contributed by atoms with Gasteiger partial charge in [0.15, 0.2) is 0 Å². The summed E-state index contributed by atoms with van der Waals surface area (Å²) >= 11 is 0. The summed E-state index contributed by atoms with van der Waals surface area (Å²) < 4.78 is 38.8. The second kappa shape index (κ2) is 8.19. The van der Waals surface area contributed by atoms with Crippen LogP contribution in [-0.2, 0) is 12.7 Å². The molecule has 3 aromatic rings. The van der Waals surface area contributed by atoms with Crippen LogP contribution in [0.3, 0.4) is 0 Å². The molecule has 152 valence electrons. The molecule has 1 heterocycles. The third-order valence-corrected chi connectivity index (χ3v) is 6.07. The van der Waals surface area contributed by atoms with E-state index in [9.17, 15) is 13.2 Å². The van der Waals surface area contributed by atoms with Crippen LogP contribution in [0.25, 0.3) is 10.8 Å². The first-order valence-corrected chi connectivity index (χ1v) is 10.3. The Bertz CT molecular complexity index is 974. The van der Waals surface area contributed by atoms with Crippen molar-refractivity contribution < 1.29 is 13.2 Å². The molecule has 0 radical (unpaired) electrons. The lowest BCUT2D eigenvalue weighted by molar-refractivity contribution is -0.137. The fourth-order valence-corrected chi connectivity index (χ4v) is 4.66. The first-order valence-electron chi connectivity index (χ1n) is 10.3. The van der Waals surface area contributed by atoms with Crippen LogP contribution in [0, 0.1) is 5.92 Å². The molecule has 0 amide bonds. The summed E-state index contributed by atoms with van der Waals surface area (Å²) in [6, 6.07) is 20.7. The van der Waals surface area contributed by atoms with Gasteiger partial charge in [-0.3, -0.25) is 4.90 Å². The molecule has 3 aromatic carbocycles. The SMILES string of the molecule is C[C@@H](CC1CCN(Cc2cccc(C(F)(F)F)c2)C1)c1cccc2ccccc12. The van der Waals surface area contributed by atoms with Crippen LogP contribution in [0.5, 0.6) is 0 Å². The van der Waals surface area contributed by atoms with Crippen molar-refractivity contribution in [2.75, 3.05) is 13.1 Å². The normalized spacial score (nSPS) is 19.0. The molecular formula is C25H26F3N. The summed E-state index contributed by atoms with van der Waals surface area (Å²) in [5.41, 5.74) is 1.57. The largest absolute Gasteiger partial charge is 0.416 e. The Labute approximate surface area is 170 Å². The highest BCUT2D eigenvalue weighted by Crippen LogP contribution is 2.34. The van der Waals surface area contributed by atoms with Gasteiger partial charge in [0, 0.05) is 13.1 Å². The molecule has 0 aromatic heterocycles. The fourth-order valence-electron chi connectivity index (χ4n) is 4.66. The van der Waals surface area contributed by atoms with Gasteiger partial charge in [-0.05, 0) is 59.2 Å². The Kier molecular flexibility index (Phi) is 5.64. The van der Waals surface area contributed by atoms with E-state index in [-0.39, 0.29) is 0 Å². The highest BCUT2D eigenvalue weighted by molar-refractivity contribution is 5.86. The minimum atomic E-state index is -4.28. The maximum absolute atomic E-state index is 12.9. The lowest BCUT2D eigenvalue weighted by Gasteiger charge is -2.20. The third kappa shape index (κ3) is 4.64. The van der Waals surface area contributed by atoms with Gasteiger partial charge >= 0.3 is 6.18 Å². The molecule has 1 aliphatic rings. The summed E-state index contributed by atoms with van der Waals surface area (Å²) in [4.78, 5) is 2.29. The average molecular weight is 397 g/mol. The Morgan fingerprint density at radius 1 is 1.00 bits per heavy atom. The summed E-state index contributed by atoms with van der Waals surface area (Å²) in [5, 5.41) is 2.59. The van der Waals surface area contributed by atoms with Gasteiger partial charge in [0.2, 0.25) is 0 Å². The van der Waals surface area contributed by atoms with Gasteiger partial charge in [-0.1, -0.05) is 67.6 Å². The number of hydrogen-bond donors (Lipinski definition) is 0. The van der Waals surface area contributed by atoms with Crippen LogP contribution in [0.1, 0.15) is 42.4 Å². The van der Waals surface area contributed by atoms with E-state index in [1.807, 2.05) is 0 Å². The van der Waals surface area contributed by atoms with Crippen molar-refractivity contribution in [1.29, 1.82) is 0 Å². The van der Waals surface area contributed by atoms with Crippen LogP contribution < -0.4 is 0 Å². The first kappa shape index (κ1) is 20.0. The van der Waals surface area contributed by atoms with Crippen LogP contribution in [0.2, 0.25) is 0 Å². The predicted octanol–water partition coefficient (Wildman–Crippen LogP) is 6.87. The summed E-state index contributed by atoms with van der Waals surface area (Å²) in [6.07, 6.45) is -2.07. The van der Waals surface area contributed by atoms with Gasteiger partial charge in [0.1, 0.15) is 0 Å². The van der Waals surface area contributed by atoms with E-state index in [2.05, 4.69) is 54.3 Å². The molecule has 29 heavy (non-hydrogen) atoms. The number of hydrogen-bond acceptors (Lipinski definition) is 1. The van der Waals surface area contributed by atoms with Crippen molar-refractivity contribution >= 4 is 10.8 Å². The topological polar surface area (TPSA) is 3.24 Å². The molecule has 0 aliphatic carbocycles. The molecule has 1 unspecified atom stereocenters. The Morgan fingerprint density at radius 2 is 1.76 bits per heavy atom. The zero-order chi connectivity index (χ0) is 20.4. The highest BCUT2D eigenvalue weighted by atomic mass is 19.4. The number of halogens is 3. The number of alkyl halides is 3. The highest BCUT2D eigenvalue weighted by Gasteiger charge is 2.31. The van der Waals surface area contributed by atoms with Gasteiger partial charge < -0.3 is 0 Å². The average Bonchev–Trinajstić information content (AvgIpc) is 3.13. The minimum absolute atomic E-state index is 0.458. The van der Waals surface area contributed by atoms with Gasteiger partial charge in [0.05, 0.1) is 5.56 Å².